The largest absolute Gasteiger partial charge is 0.459 e. The Kier molecular flexibility index (Phi) is 8.15. The van der Waals surface area contributed by atoms with Gasteiger partial charge in [-0.3, -0.25) is 24.3 Å². The van der Waals surface area contributed by atoms with E-state index in [9.17, 15) is 14.4 Å². The second kappa shape index (κ2) is 11.7. The third kappa shape index (κ3) is 6.19. The summed E-state index contributed by atoms with van der Waals surface area (Å²) in [5.74, 6) is -1.05. The van der Waals surface area contributed by atoms with Gasteiger partial charge in [-0.1, -0.05) is 25.3 Å². The monoisotopic (exact) mass is 488 g/mol. The van der Waals surface area contributed by atoms with Gasteiger partial charge in [0.25, 0.3) is 5.91 Å². The standard InChI is InChI=1S/C28H32N4O4/c1-19-15-20(2)17-23(16-19)32(25(33)18-30-27(34)24-9-6-14-36-24)26(21-10-12-29-13-11-21)28(35)31-22-7-4-3-5-8-22/h6,9-17,22,26H,3-5,7-8,18H2,1-2H3,(H,30,34)(H,31,35)/t26-/m0/s1. The van der Waals surface area contributed by atoms with E-state index in [1.807, 2.05) is 32.0 Å². The van der Waals surface area contributed by atoms with Crippen LogP contribution in [0.25, 0.3) is 0 Å². The van der Waals surface area contributed by atoms with Crippen molar-refractivity contribution in [2.24, 2.45) is 0 Å². The summed E-state index contributed by atoms with van der Waals surface area (Å²) in [4.78, 5) is 45.6. The summed E-state index contributed by atoms with van der Waals surface area (Å²) in [6, 6.07) is 11.5. The van der Waals surface area contributed by atoms with Crippen LogP contribution in [0.4, 0.5) is 5.69 Å². The number of nitrogens with zero attached hydrogens (tertiary/aromatic N) is 2. The predicted molar refractivity (Wildman–Crippen MR) is 136 cm³/mol. The maximum absolute atomic E-state index is 13.8. The molecule has 2 aromatic heterocycles. The molecule has 8 heteroatoms. The highest BCUT2D eigenvalue weighted by Crippen LogP contribution is 2.30. The summed E-state index contributed by atoms with van der Waals surface area (Å²) in [5, 5.41) is 5.81. The average molecular weight is 489 g/mol. The first-order valence-electron chi connectivity index (χ1n) is 12.3. The van der Waals surface area contributed by atoms with Crippen molar-refractivity contribution < 1.29 is 18.8 Å². The van der Waals surface area contributed by atoms with Crippen molar-refractivity contribution in [3.8, 4) is 0 Å². The number of aromatic nitrogens is 1. The molecule has 1 aromatic carbocycles. The van der Waals surface area contributed by atoms with Gasteiger partial charge in [0.2, 0.25) is 11.8 Å². The molecule has 1 saturated carbocycles. The normalized spacial score (nSPS) is 14.6. The van der Waals surface area contributed by atoms with Crippen LogP contribution in [0.2, 0.25) is 0 Å². The molecule has 0 aliphatic heterocycles. The SMILES string of the molecule is Cc1cc(C)cc(N(C(=O)CNC(=O)c2ccco2)[C@H](C(=O)NC2CCCCC2)c2ccncc2)c1. The molecule has 2 heterocycles. The summed E-state index contributed by atoms with van der Waals surface area (Å²) in [7, 11) is 0. The minimum Gasteiger partial charge on any atom is -0.459 e. The highest BCUT2D eigenvalue weighted by Gasteiger charge is 2.34. The Labute approximate surface area is 211 Å². The smallest absolute Gasteiger partial charge is 0.287 e. The lowest BCUT2D eigenvalue weighted by Crippen LogP contribution is -2.49. The molecule has 1 atom stereocenters. The van der Waals surface area contributed by atoms with E-state index in [1.54, 1.807) is 30.6 Å². The molecule has 0 unspecified atom stereocenters. The number of hydrogen-bond donors (Lipinski definition) is 2. The van der Waals surface area contributed by atoms with Crippen molar-refractivity contribution in [3.05, 3.63) is 83.6 Å². The summed E-state index contributed by atoms with van der Waals surface area (Å²) in [5.41, 5.74) is 3.15. The molecule has 1 fully saturated rings. The molecule has 188 valence electrons. The van der Waals surface area contributed by atoms with E-state index in [0.717, 1.165) is 36.8 Å². The van der Waals surface area contributed by atoms with Crippen LogP contribution < -0.4 is 15.5 Å². The molecule has 1 aliphatic rings. The number of anilines is 1. The number of amides is 3. The number of nitrogens with one attached hydrogen (secondary N) is 2. The Hall–Kier alpha value is -3.94. The first-order valence-corrected chi connectivity index (χ1v) is 12.3. The lowest BCUT2D eigenvalue weighted by molar-refractivity contribution is -0.127. The number of aryl methyl sites for hydroxylation is 2. The summed E-state index contributed by atoms with van der Waals surface area (Å²) < 4.78 is 5.14. The zero-order chi connectivity index (χ0) is 25.5. The van der Waals surface area contributed by atoms with Gasteiger partial charge >= 0.3 is 0 Å². The molecule has 1 aliphatic carbocycles. The van der Waals surface area contributed by atoms with E-state index in [1.165, 1.54) is 23.7 Å². The third-order valence-corrected chi connectivity index (χ3v) is 6.38. The van der Waals surface area contributed by atoms with E-state index in [0.29, 0.717) is 11.3 Å². The predicted octanol–water partition coefficient (Wildman–Crippen LogP) is 4.24. The number of furan rings is 1. The maximum Gasteiger partial charge on any atom is 0.287 e. The van der Waals surface area contributed by atoms with Crippen LogP contribution >= 0.6 is 0 Å². The van der Waals surface area contributed by atoms with Crippen molar-refractivity contribution in [1.29, 1.82) is 0 Å². The second-order valence-corrected chi connectivity index (χ2v) is 9.30. The Morgan fingerprint density at radius 1 is 1.03 bits per heavy atom. The van der Waals surface area contributed by atoms with Crippen molar-refractivity contribution in [3.63, 3.8) is 0 Å². The van der Waals surface area contributed by atoms with E-state index in [2.05, 4.69) is 15.6 Å². The Morgan fingerprint density at radius 3 is 2.36 bits per heavy atom. The van der Waals surface area contributed by atoms with Gasteiger partial charge in [-0.15, -0.1) is 0 Å². The van der Waals surface area contributed by atoms with Crippen molar-refractivity contribution >= 4 is 23.4 Å². The second-order valence-electron chi connectivity index (χ2n) is 9.30. The zero-order valence-corrected chi connectivity index (χ0v) is 20.7. The summed E-state index contributed by atoms with van der Waals surface area (Å²) >= 11 is 0. The number of pyridine rings is 1. The lowest BCUT2D eigenvalue weighted by atomic mass is 9.94. The van der Waals surface area contributed by atoms with Gasteiger partial charge in [-0.25, -0.2) is 0 Å². The molecule has 2 N–H and O–H groups in total. The number of benzene rings is 1. The lowest BCUT2D eigenvalue weighted by Gasteiger charge is -2.34. The molecule has 8 nitrogen and oxygen atoms in total. The summed E-state index contributed by atoms with van der Waals surface area (Å²) in [6.45, 7) is 3.59. The van der Waals surface area contributed by atoms with Gasteiger partial charge in [-0.2, -0.15) is 0 Å². The third-order valence-electron chi connectivity index (χ3n) is 6.38. The quantitative estimate of drug-likeness (QED) is 0.493. The van der Waals surface area contributed by atoms with Crippen LogP contribution in [0.5, 0.6) is 0 Å². The molecule has 0 spiro atoms. The molecule has 0 radical (unpaired) electrons. The Balaban J connectivity index is 1.69. The Morgan fingerprint density at radius 2 is 1.72 bits per heavy atom. The van der Waals surface area contributed by atoms with Crippen LogP contribution in [0.1, 0.15) is 65.4 Å². The number of rotatable bonds is 8. The fraction of sp³-hybridized carbons (Fsp3) is 0.357. The minimum atomic E-state index is -0.927. The van der Waals surface area contributed by atoms with Crippen LogP contribution in [-0.2, 0) is 9.59 Å². The molecular weight excluding hydrogens is 456 g/mol. The van der Waals surface area contributed by atoms with Crippen molar-refractivity contribution in [1.82, 2.24) is 15.6 Å². The molecule has 3 aromatic rings. The van der Waals surface area contributed by atoms with Crippen LogP contribution in [0.15, 0.2) is 65.5 Å². The first-order chi connectivity index (χ1) is 17.4. The topological polar surface area (TPSA) is 105 Å². The highest BCUT2D eigenvalue weighted by molar-refractivity contribution is 6.04. The number of carbonyl (C=O) groups excluding carboxylic acids is 3. The van der Waals surface area contributed by atoms with Gasteiger partial charge in [0.15, 0.2) is 5.76 Å². The van der Waals surface area contributed by atoms with Gasteiger partial charge < -0.3 is 15.1 Å². The average Bonchev–Trinajstić information content (AvgIpc) is 3.41. The molecule has 0 bridgehead atoms. The van der Waals surface area contributed by atoms with Gasteiger partial charge in [0.1, 0.15) is 6.04 Å². The first kappa shape index (κ1) is 25.2. The number of hydrogen-bond acceptors (Lipinski definition) is 5. The van der Waals surface area contributed by atoms with Gasteiger partial charge in [0, 0.05) is 24.1 Å². The van der Waals surface area contributed by atoms with Crippen molar-refractivity contribution in [2.75, 3.05) is 11.4 Å². The highest BCUT2D eigenvalue weighted by atomic mass is 16.3. The van der Waals surface area contributed by atoms with Crippen molar-refractivity contribution in [2.45, 2.75) is 58.0 Å². The van der Waals surface area contributed by atoms with E-state index in [-0.39, 0.29) is 24.3 Å². The molecule has 0 saturated heterocycles. The molecular formula is C28H32N4O4. The minimum absolute atomic E-state index is 0.0745. The van der Waals surface area contributed by atoms with Gasteiger partial charge in [0.05, 0.1) is 12.8 Å². The van der Waals surface area contributed by atoms with E-state index in [4.69, 9.17) is 4.42 Å². The van der Waals surface area contributed by atoms with Crippen LogP contribution in [0.3, 0.4) is 0 Å². The zero-order valence-electron chi connectivity index (χ0n) is 20.7. The molecule has 36 heavy (non-hydrogen) atoms. The maximum atomic E-state index is 13.8. The fourth-order valence-corrected chi connectivity index (χ4v) is 4.75. The van der Waals surface area contributed by atoms with Gasteiger partial charge in [-0.05, 0) is 79.8 Å². The molecule has 4 rings (SSSR count). The Bertz CT molecular complexity index is 1170. The number of carbonyl (C=O) groups is 3. The van der Waals surface area contributed by atoms with Crippen LogP contribution in [-0.4, -0.2) is 35.3 Å². The van der Waals surface area contributed by atoms with Crippen LogP contribution in [0, 0.1) is 13.8 Å². The summed E-state index contributed by atoms with van der Waals surface area (Å²) in [6.07, 6.45) is 9.78. The fourth-order valence-electron chi connectivity index (χ4n) is 4.75. The molecule has 3 amide bonds. The van der Waals surface area contributed by atoms with E-state index < -0.39 is 17.9 Å². The van der Waals surface area contributed by atoms with E-state index >= 15 is 0 Å².